The van der Waals surface area contributed by atoms with Crippen LogP contribution in [0.1, 0.15) is 19.3 Å². The Hall–Kier alpha value is -2.53. The van der Waals surface area contributed by atoms with Gasteiger partial charge in [0.05, 0.1) is 6.61 Å². The van der Waals surface area contributed by atoms with E-state index in [1.54, 1.807) is 17.0 Å². The summed E-state index contributed by atoms with van der Waals surface area (Å²) in [5, 5.41) is 0.632. The lowest BCUT2D eigenvalue weighted by molar-refractivity contribution is -0.141. The topological polar surface area (TPSA) is 49.9 Å². The molecule has 6 heteroatoms. The van der Waals surface area contributed by atoms with Gasteiger partial charge in [0.2, 0.25) is 11.8 Å². The third-order valence-corrected chi connectivity index (χ3v) is 6.05. The van der Waals surface area contributed by atoms with Crippen LogP contribution in [0.25, 0.3) is 0 Å². The van der Waals surface area contributed by atoms with E-state index in [0.29, 0.717) is 43.6 Å². The van der Waals surface area contributed by atoms with Gasteiger partial charge in [-0.1, -0.05) is 29.8 Å². The van der Waals surface area contributed by atoms with Crippen molar-refractivity contribution in [3.05, 3.63) is 59.6 Å². The molecule has 0 aliphatic carbocycles. The standard InChI is InChI=1S/C23H25ClN2O3/c24-18-6-8-19(9-7-18)26-15-12-21(23(26)28)22(27)25-13-10-17(11-14-25)16-29-20-4-2-1-3-5-20/h1-9,17,21H,10-16H2. The molecule has 2 aliphatic heterocycles. The van der Waals surface area contributed by atoms with Gasteiger partial charge in [-0.25, -0.2) is 0 Å². The summed E-state index contributed by atoms with van der Waals surface area (Å²) in [5.41, 5.74) is 0.798. The van der Waals surface area contributed by atoms with Crippen LogP contribution in [-0.4, -0.2) is 43.0 Å². The van der Waals surface area contributed by atoms with E-state index < -0.39 is 5.92 Å². The van der Waals surface area contributed by atoms with E-state index in [1.165, 1.54) is 0 Å². The predicted molar refractivity (Wildman–Crippen MR) is 113 cm³/mol. The number of hydrogen-bond donors (Lipinski definition) is 0. The zero-order chi connectivity index (χ0) is 20.2. The first-order valence-electron chi connectivity index (χ1n) is 10.2. The number of benzene rings is 2. The van der Waals surface area contributed by atoms with Crippen molar-refractivity contribution in [2.24, 2.45) is 11.8 Å². The Bertz CT molecular complexity index is 848. The van der Waals surface area contributed by atoms with Gasteiger partial charge in [0.25, 0.3) is 0 Å². The zero-order valence-electron chi connectivity index (χ0n) is 16.3. The molecule has 1 atom stereocenters. The number of carbonyl (C=O) groups is 2. The summed E-state index contributed by atoms with van der Waals surface area (Å²) >= 11 is 5.93. The second kappa shape index (κ2) is 8.87. The minimum atomic E-state index is -0.567. The second-order valence-corrected chi connectivity index (χ2v) is 8.14. The molecule has 2 amide bonds. The maximum atomic E-state index is 13.0. The van der Waals surface area contributed by atoms with Gasteiger partial charge in [-0.3, -0.25) is 9.59 Å². The fourth-order valence-electron chi connectivity index (χ4n) is 4.06. The molecule has 0 spiro atoms. The summed E-state index contributed by atoms with van der Waals surface area (Å²) < 4.78 is 5.86. The fourth-order valence-corrected chi connectivity index (χ4v) is 4.18. The predicted octanol–water partition coefficient (Wildman–Crippen LogP) is 4.01. The molecule has 0 aromatic heterocycles. The van der Waals surface area contributed by atoms with Crippen LogP contribution in [0.5, 0.6) is 5.75 Å². The van der Waals surface area contributed by atoms with Crippen molar-refractivity contribution < 1.29 is 14.3 Å². The number of likely N-dealkylation sites (tertiary alicyclic amines) is 1. The van der Waals surface area contributed by atoms with Crippen molar-refractivity contribution in [2.75, 3.05) is 31.1 Å². The van der Waals surface area contributed by atoms with Crippen molar-refractivity contribution >= 4 is 29.1 Å². The summed E-state index contributed by atoms with van der Waals surface area (Å²) in [6, 6.07) is 17.0. The number of piperidine rings is 1. The number of nitrogens with zero attached hydrogens (tertiary/aromatic N) is 2. The summed E-state index contributed by atoms with van der Waals surface area (Å²) in [5.74, 6) is 0.609. The lowest BCUT2D eigenvalue weighted by Crippen LogP contribution is -2.44. The lowest BCUT2D eigenvalue weighted by atomic mass is 9.96. The van der Waals surface area contributed by atoms with Crippen LogP contribution in [0, 0.1) is 11.8 Å². The molecule has 2 fully saturated rings. The van der Waals surface area contributed by atoms with Crippen LogP contribution in [0.3, 0.4) is 0 Å². The second-order valence-electron chi connectivity index (χ2n) is 7.70. The van der Waals surface area contributed by atoms with Gasteiger partial charge in [0, 0.05) is 30.3 Å². The molecule has 152 valence electrons. The normalized spacial score (nSPS) is 20.2. The van der Waals surface area contributed by atoms with Gasteiger partial charge in [-0.15, -0.1) is 0 Å². The number of anilines is 1. The molecule has 0 radical (unpaired) electrons. The van der Waals surface area contributed by atoms with Gasteiger partial charge in [-0.05, 0) is 61.6 Å². The van der Waals surface area contributed by atoms with Crippen molar-refractivity contribution in [3.8, 4) is 5.75 Å². The van der Waals surface area contributed by atoms with E-state index in [-0.39, 0.29) is 11.8 Å². The molecule has 2 aromatic carbocycles. The van der Waals surface area contributed by atoms with Crippen molar-refractivity contribution in [3.63, 3.8) is 0 Å². The third kappa shape index (κ3) is 4.56. The van der Waals surface area contributed by atoms with E-state index in [1.807, 2.05) is 47.4 Å². The first-order chi connectivity index (χ1) is 14.1. The summed E-state index contributed by atoms with van der Waals surface area (Å²) in [6.45, 7) is 2.61. The highest BCUT2D eigenvalue weighted by Crippen LogP contribution is 2.29. The first-order valence-corrected chi connectivity index (χ1v) is 10.5. The number of hydrogen-bond acceptors (Lipinski definition) is 3. The fraction of sp³-hybridized carbons (Fsp3) is 0.391. The van der Waals surface area contributed by atoms with Crippen LogP contribution in [-0.2, 0) is 9.59 Å². The largest absolute Gasteiger partial charge is 0.493 e. The maximum absolute atomic E-state index is 13.0. The number of rotatable bonds is 5. The minimum Gasteiger partial charge on any atom is -0.493 e. The number of halogens is 1. The van der Waals surface area contributed by atoms with Crippen LogP contribution >= 0.6 is 11.6 Å². The van der Waals surface area contributed by atoms with Gasteiger partial charge in [-0.2, -0.15) is 0 Å². The maximum Gasteiger partial charge on any atom is 0.239 e. The quantitative estimate of drug-likeness (QED) is 0.697. The van der Waals surface area contributed by atoms with Gasteiger partial charge < -0.3 is 14.5 Å². The van der Waals surface area contributed by atoms with E-state index in [2.05, 4.69) is 0 Å². The number of amides is 2. The van der Waals surface area contributed by atoms with Crippen molar-refractivity contribution in [1.82, 2.24) is 4.90 Å². The van der Waals surface area contributed by atoms with Crippen LogP contribution in [0.2, 0.25) is 5.02 Å². The molecular formula is C23H25ClN2O3. The third-order valence-electron chi connectivity index (χ3n) is 5.80. The Morgan fingerprint density at radius 3 is 2.34 bits per heavy atom. The SMILES string of the molecule is O=C(C1CCN(c2ccc(Cl)cc2)C1=O)N1CCC(COc2ccccc2)CC1. The van der Waals surface area contributed by atoms with Crippen molar-refractivity contribution in [1.29, 1.82) is 0 Å². The van der Waals surface area contributed by atoms with E-state index in [4.69, 9.17) is 16.3 Å². The lowest BCUT2D eigenvalue weighted by Gasteiger charge is -2.33. The highest BCUT2D eigenvalue weighted by Gasteiger charge is 2.40. The summed E-state index contributed by atoms with van der Waals surface area (Å²) in [4.78, 5) is 29.3. The number of ether oxygens (including phenoxy) is 1. The molecule has 2 aliphatic rings. The van der Waals surface area contributed by atoms with Crippen LogP contribution in [0.4, 0.5) is 5.69 Å². The van der Waals surface area contributed by atoms with E-state index in [9.17, 15) is 9.59 Å². The molecule has 5 nitrogen and oxygen atoms in total. The molecule has 0 N–H and O–H groups in total. The summed E-state index contributed by atoms with van der Waals surface area (Å²) in [6.07, 6.45) is 2.37. The first kappa shape index (κ1) is 19.8. The Labute approximate surface area is 176 Å². The number of para-hydroxylation sites is 1. The molecule has 0 bridgehead atoms. The average Bonchev–Trinajstić information content (AvgIpc) is 3.15. The smallest absolute Gasteiger partial charge is 0.239 e. The highest BCUT2D eigenvalue weighted by molar-refractivity contribution is 6.30. The van der Waals surface area contributed by atoms with Crippen molar-refractivity contribution in [2.45, 2.75) is 19.3 Å². The average molecular weight is 413 g/mol. The molecule has 1 unspecified atom stereocenters. The molecule has 0 saturated carbocycles. The summed E-state index contributed by atoms with van der Waals surface area (Å²) in [7, 11) is 0. The Balaban J connectivity index is 1.28. The van der Waals surface area contributed by atoms with Gasteiger partial charge >= 0.3 is 0 Å². The molecule has 2 saturated heterocycles. The minimum absolute atomic E-state index is 0.0334. The molecular weight excluding hydrogens is 388 g/mol. The van der Waals surface area contributed by atoms with E-state index >= 15 is 0 Å². The molecule has 4 rings (SSSR count). The monoisotopic (exact) mass is 412 g/mol. The Morgan fingerprint density at radius 2 is 1.66 bits per heavy atom. The van der Waals surface area contributed by atoms with Gasteiger partial charge in [0.15, 0.2) is 0 Å². The number of carbonyl (C=O) groups excluding carboxylic acids is 2. The van der Waals surface area contributed by atoms with Gasteiger partial charge in [0.1, 0.15) is 11.7 Å². The molecule has 2 aromatic rings. The molecule has 2 heterocycles. The van der Waals surface area contributed by atoms with Crippen LogP contribution in [0.15, 0.2) is 54.6 Å². The highest BCUT2D eigenvalue weighted by atomic mass is 35.5. The van der Waals surface area contributed by atoms with Crippen LogP contribution < -0.4 is 9.64 Å². The zero-order valence-corrected chi connectivity index (χ0v) is 17.1. The molecule has 29 heavy (non-hydrogen) atoms. The Morgan fingerprint density at radius 1 is 0.966 bits per heavy atom. The van der Waals surface area contributed by atoms with E-state index in [0.717, 1.165) is 24.3 Å². The Kier molecular flexibility index (Phi) is 6.05.